The van der Waals surface area contributed by atoms with Crippen LogP contribution in [-0.2, 0) is 25.2 Å². The molecule has 0 aromatic heterocycles. The molecule has 1 rings (SSSR count). The molecule has 0 bridgehead atoms. The Bertz CT molecular complexity index is 628. The zero-order chi connectivity index (χ0) is 19.2. The van der Waals surface area contributed by atoms with Crippen LogP contribution < -0.4 is 5.32 Å². The number of hydrogen-bond donors (Lipinski definition) is 1. The van der Waals surface area contributed by atoms with Gasteiger partial charge in [-0.25, -0.2) is 4.79 Å². The molecule has 0 heterocycles. The van der Waals surface area contributed by atoms with Gasteiger partial charge in [0.1, 0.15) is 6.04 Å². The van der Waals surface area contributed by atoms with E-state index in [0.29, 0.717) is 0 Å². The molecule has 138 valence electrons. The molecule has 0 aliphatic carbocycles. The van der Waals surface area contributed by atoms with Crippen molar-refractivity contribution in [2.45, 2.75) is 25.6 Å². The fraction of sp³-hybridized carbons (Fsp3) is 0.438. The number of amides is 1. The van der Waals surface area contributed by atoms with Gasteiger partial charge in [0.15, 0.2) is 0 Å². The average molecular weight is 361 g/mol. The van der Waals surface area contributed by atoms with E-state index in [-0.39, 0.29) is 12.0 Å². The first kappa shape index (κ1) is 20.5. The predicted octanol–water partition coefficient (Wildman–Crippen LogP) is 2.18. The molecule has 0 saturated heterocycles. The number of rotatable bonds is 6. The van der Waals surface area contributed by atoms with Gasteiger partial charge in [0, 0.05) is 5.56 Å². The van der Waals surface area contributed by atoms with Gasteiger partial charge in [-0.3, -0.25) is 9.59 Å². The largest absolute Gasteiger partial charge is 0.469 e. The van der Waals surface area contributed by atoms with Crippen LogP contribution in [0.4, 0.5) is 13.2 Å². The lowest BCUT2D eigenvalue weighted by molar-refractivity contribution is -0.147. The molecular weight excluding hydrogens is 343 g/mol. The Balaban J connectivity index is 2.87. The van der Waals surface area contributed by atoms with Crippen molar-refractivity contribution in [3.63, 3.8) is 0 Å². The summed E-state index contributed by atoms with van der Waals surface area (Å²) in [7, 11) is 2.30. The lowest BCUT2D eigenvalue weighted by Crippen LogP contribution is -2.43. The number of nitrogens with one attached hydrogen (secondary N) is 1. The third-order valence-electron chi connectivity index (χ3n) is 3.46. The maximum Gasteiger partial charge on any atom is 0.416 e. The van der Waals surface area contributed by atoms with Crippen LogP contribution in [0.25, 0.3) is 0 Å². The highest BCUT2D eigenvalue weighted by atomic mass is 19.4. The van der Waals surface area contributed by atoms with Gasteiger partial charge in [-0.2, -0.15) is 13.2 Å². The zero-order valence-electron chi connectivity index (χ0n) is 13.8. The molecule has 1 aromatic rings. The number of carbonyl (C=O) groups is 3. The van der Waals surface area contributed by atoms with Crippen molar-refractivity contribution in [2.75, 3.05) is 14.2 Å². The van der Waals surface area contributed by atoms with E-state index in [4.69, 9.17) is 0 Å². The van der Waals surface area contributed by atoms with Crippen molar-refractivity contribution in [3.8, 4) is 0 Å². The molecule has 0 fully saturated rings. The van der Waals surface area contributed by atoms with E-state index in [1.165, 1.54) is 14.0 Å². The molecule has 2 atom stereocenters. The van der Waals surface area contributed by atoms with Crippen LogP contribution in [0, 0.1) is 5.92 Å². The first-order chi connectivity index (χ1) is 11.6. The number of methoxy groups -OCH3 is 2. The number of esters is 2. The topological polar surface area (TPSA) is 81.7 Å². The third kappa shape index (κ3) is 5.77. The monoisotopic (exact) mass is 361 g/mol. The standard InChI is InChI=1S/C16H18F3NO5/c1-9(14(22)24-2)8-12(15(23)25-3)20-13(21)10-4-6-11(7-5-10)16(17,18)19/h4-7,9,12H,8H2,1-3H3,(H,20,21)/t9-,12+/m0/s1. The molecule has 0 saturated carbocycles. The van der Waals surface area contributed by atoms with E-state index < -0.39 is 41.5 Å². The summed E-state index contributed by atoms with van der Waals surface area (Å²) in [5, 5.41) is 2.35. The van der Waals surface area contributed by atoms with E-state index in [2.05, 4.69) is 14.8 Å². The SMILES string of the molecule is COC(=O)[C@@H](C)C[C@@H](NC(=O)c1ccc(C(F)(F)F)cc1)C(=O)OC. The summed E-state index contributed by atoms with van der Waals surface area (Å²) in [5.41, 5.74) is -0.958. The molecule has 0 aliphatic rings. The quantitative estimate of drug-likeness (QED) is 0.786. The predicted molar refractivity (Wildman–Crippen MR) is 80.5 cm³/mol. The Kier molecular flexibility index (Phi) is 6.96. The Hall–Kier alpha value is -2.58. The summed E-state index contributed by atoms with van der Waals surface area (Å²) in [6, 6.07) is 2.37. The minimum atomic E-state index is -4.51. The lowest BCUT2D eigenvalue weighted by atomic mass is 10.0. The summed E-state index contributed by atoms with van der Waals surface area (Å²) in [6.07, 6.45) is -4.59. The minimum absolute atomic E-state index is 0.0624. The molecular formula is C16H18F3NO5. The van der Waals surface area contributed by atoms with E-state index in [1.54, 1.807) is 0 Å². The molecule has 1 aromatic carbocycles. The van der Waals surface area contributed by atoms with Gasteiger partial charge in [0.2, 0.25) is 0 Å². The van der Waals surface area contributed by atoms with Crippen LogP contribution >= 0.6 is 0 Å². The van der Waals surface area contributed by atoms with Crippen LogP contribution in [0.2, 0.25) is 0 Å². The number of ether oxygens (including phenoxy) is 2. The molecule has 0 radical (unpaired) electrons. The van der Waals surface area contributed by atoms with Crippen LogP contribution in [0.15, 0.2) is 24.3 Å². The molecule has 0 aliphatic heterocycles. The van der Waals surface area contributed by atoms with Crippen molar-refractivity contribution in [1.29, 1.82) is 0 Å². The molecule has 1 N–H and O–H groups in total. The number of benzene rings is 1. The highest BCUT2D eigenvalue weighted by Gasteiger charge is 2.31. The molecule has 6 nitrogen and oxygen atoms in total. The number of carbonyl (C=O) groups excluding carboxylic acids is 3. The van der Waals surface area contributed by atoms with Crippen molar-refractivity contribution < 1.29 is 37.0 Å². The molecule has 25 heavy (non-hydrogen) atoms. The van der Waals surface area contributed by atoms with Gasteiger partial charge < -0.3 is 14.8 Å². The smallest absolute Gasteiger partial charge is 0.416 e. The van der Waals surface area contributed by atoms with E-state index >= 15 is 0 Å². The zero-order valence-corrected chi connectivity index (χ0v) is 13.8. The molecule has 0 spiro atoms. The summed E-state index contributed by atoms with van der Waals surface area (Å²) in [5.74, 6) is -2.81. The Morgan fingerprint density at radius 2 is 1.56 bits per heavy atom. The van der Waals surface area contributed by atoms with Crippen molar-refractivity contribution in [3.05, 3.63) is 35.4 Å². The van der Waals surface area contributed by atoms with Gasteiger partial charge in [0.25, 0.3) is 5.91 Å². The number of hydrogen-bond acceptors (Lipinski definition) is 5. The maximum absolute atomic E-state index is 12.5. The molecule has 0 unspecified atom stereocenters. The second-order valence-electron chi connectivity index (χ2n) is 5.28. The van der Waals surface area contributed by atoms with Crippen LogP contribution in [0.3, 0.4) is 0 Å². The van der Waals surface area contributed by atoms with Crippen molar-refractivity contribution in [1.82, 2.24) is 5.32 Å². The second-order valence-corrected chi connectivity index (χ2v) is 5.28. The fourth-order valence-corrected chi connectivity index (χ4v) is 2.06. The summed E-state index contributed by atoms with van der Waals surface area (Å²) < 4.78 is 46.7. The van der Waals surface area contributed by atoms with Gasteiger partial charge in [0.05, 0.1) is 25.7 Å². The van der Waals surface area contributed by atoms with Crippen LogP contribution in [0.1, 0.15) is 29.3 Å². The Morgan fingerprint density at radius 1 is 1.04 bits per heavy atom. The van der Waals surface area contributed by atoms with Gasteiger partial charge >= 0.3 is 18.1 Å². The molecule has 1 amide bonds. The van der Waals surface area contributed by atoms with Crippen molar-refractivity contribution >= 4 is 17.8 Å². The minimum Gasteiger partial charge on any atom is -0.469 e. The average Bonchev–Trinajstić information content (AvgIpc) is 2.58. The first-order valence-electron chi connectivity index (χ1n) is 7.24. The lowest BCUT2D eigenvalue weighted by Gasteiger charge is -2.19. The summed E-state index contributed by atoms with van der Waals surface area (Å²) in [6.45, 7) is 1.51. The van der Waals surface area contributed by atoms with Crippen molar-refractivity contribution in [2.24, 2.45) is 5.92 Å². The Labute approximate surface area is 142 Å². The van der Waals surface area contributed by atoms with Crippen LogP contribution in [-0.4, -0.2) is 38.1 Å². The van der Waals surface area contributed by atoms with E-state index in [9.17, 15) is 27.6 Å². The van der Waals surface area contributed by atoms with Gasteiger partial charge in [-0.1, -0.05) is 6.92 Å². The van der Waals surface area contributed by atoms with E-state index in [0.717, 1.165) is 31.4 Å². The molecule has 9 heteroatoms. The summed E-state index contributed by atoms with van der Waals surface area (Å²) >= 11 is 0. The van der Waals surface area contributed by atoms with Gasteiger partial charge in [-0.05, 0) is 30.7 Å². The van der Waals surface area contributed by atoms with E-state index in [1.807, 2.05) is 0 Å². The number of alkyl halides is 3. The second kappa shape index (κ2) is 8.50. The fourth-order valence-electron chi connectivity index (χ4n) is 2.06. The summed E-state index contributed by atoms with van der Waals surface area (Å²) in [4.78, 5) is 35.4. The maximum atomic E-state index is 12.5. The number of halogens is 3. The first-order valence-corrected chi connectivity index (χ1v) is 7.24. The Morgan fingerprint density at radius 3 is 2.00 bits per heavy atom. The van der Waals surface area contributed by atoms with Crippen LogP contribution in [0.5, 0.6) is 0 Å². The normalized spacial score (nSPS) is 13.5. The third-order valence-corrected chi connectivity index (χ3v) is 3.46. The van der Waals surface area contributed by atoms with Gasteiger partial charge in [-0.15, -0.1) is 0 Å². The highest BCUT2D eigenvalue weighted by molar-refractivity contribution is 5.96. The highest BCUT2D eigenvalue weighted by Crippen LogP contribution is 2.29.